The van der Waals surface area contributed by atoms with Crippen molar-refractivity contribution in [1.29, 1.82) is 0 Å². The highest BCUT2D eigenvalue weighted by Gasteiger charge is 2.26. The lowest BCUT2D eigenvalue weighted by Crippen LogP contribution is -2.13. The second-order valence-electron chi connectivity index (χ2n) is 5.44. The Morgan fingerprint density at radius 2 is 1.45 bits per heavy atom. The Hall–Kier alpha value is -0.890. The van der Waals surface area contributed by atoms with Crippen LogP contribution in [0.2, 0.25) is 0 Å². The summed E-state index contributed by atoms with van der Waals surface area (Å²) in [4.78, 5) is 0. The van der Waals surface area contributed by atoms with Gasteiger partial charge in [-0.3, -0.25) is 0 Å². The molecule has 3 rings (SSSR count). The van der Waals surface area contributed by atoms with Crippen LogP contribution in [-0.4, -0.2) is 11.5 Å². The summed E-state index contributed by atoms with van der Waals surface area (Å²) in [7, 11) is 2.86. The van der Waals surface area contributed by atoms with Crippen LogP contribution < -0.4 is 4.67 Å². The van der Waals surface area contributed by atoms with Gasteiger partial charge in [-0.1, -0.05) is 50.2 Å². The molecule has 1 atom stereocenters. The molecular weight excluding hydrogens is 325 g/mol. The van der Waals surface area contributed by atoms with Crippen LogP contribution in [0.5, 0.6) is 0 Å². The number of benzene rings is 2. The molecule has 4 heteroatoms. The smallest absolute Gasteiger partial charge is 0.0521 e. The van der Waals surface area contributed by atoms with Crippen LogP contribution >= 0.6 is 32.9 Å². The second-order valence-corrected chi connectivity index (χ2v) is 8.62. The van der Waals surface area contributed by atoms with Gasteiger partial charge in [-0.05, 0) is 27.8 Å². The average molecular weight is 345 g/mol. The Bertz CT molecular complexity index is 675. The van der Waals surface area contributed by atoms with Gasteiger partial charge in [-0.15, -0.1) is 23.5 Å². The van der Waals surface area contributed by atoms with Gasteiger partial charge in [-0.2, -0.15) is 0 Å². The number of thioether (sulfide) groups is 2. The van der Waals surface area contributed by atoms with E-state index in [4.69, 9.17) is 0 Å². The van der Waals surface area contributed by atoms with Crippen molar-refractivity contribution in [2.24, 2.45) is 0 Å². The fourth-order valence-corrected chi connectivity index (χ4v) is 5.31. The van der Waals surface area contributed by atoms with Crippen LogP contribution in [0.4, 0.5) is 11.4 Å². The van der Waals surface area contributed by atoms with Gasteiger partial charge in [0.05, 0.1) is 11.4 Å². The predicted molar refractivity (Wildman–Crippen MR) is 107 cm³/mol. The van der Waals surface area contributed by atoms with E-state index in [9.17, 15) is 0 Å². The normalized spacial score (nSPS) is 13.1. The summed E-state index contributed by atoms with van der Waals surface area (Å²) in [6, 6.07) is 17.3. The first-order chi connectivity index (χ1) is 10.6. The maximum Gasteiger partial charge on any atom is 0.0521 e. The fraction of sp³-hybridized carbons (Fsp3) is 0.222. The second kappa shape index (κ2) is 6.70. The summed E-state index contributed by atoms with van der Waals surface area (Å²) < 4.78 is 3.61. The predicted octanol–water partition coefficient (Wildman–Crippen LogP) is 6.15. The van der Waals surface area contributed by atoms with E-state index in [0.29, 0.717) is 5.25 Å². The lowest BCUT2D eigenvalue weighted by Gasteiger charge is -2.32. The quantitative estimate of drug-likeness (QED) is 0.614. The molecule has 0 aliphatic carbocycles. The zero-order chi connectivity index (χ0) is 15.7. The van der Waals surface area contributed by atoms with Gasteiger partial charge in [0.2, 0.25) is 0 Å². The third-order valence-corrected chi connectivity index (χ3v) is 6.41. The fourth-order valence-electron chi connectivity index (χ4n) is 2.71. The maximum atomic E-state index is 2.86. The van der Waals surface area contributed by atoms with Gasteiger partial charge in [-0.25, -0.2) is 0 Å². The Morgan fingerprint density at radius 3 is 1.91 bits per heavy atom. The molecule has 1 aliphatic rings. The van der Waals surface area contributed by atoms with Crippen LogP contribution in [0.25, 0.3) is 5.57 Å². The summed E-state index contributed by atoms with van der Waals surface area (Å²) in [5.41, 5.74) is 6.49. The zero-order valence-electron chi connectivity index (χ0n) is 13.0. The molecular formula is C18H20NPS2. The monoisotopic (exact) mass is 345 g/mol. The summed E-state index contributed by atoms with van der Waals surface area (Å²) in [5.74, 6) is 0. The summed E-state index contributed by atoms with van der Waals surface area (Å²) >= 11 is 3.80. The van der Waals surface area contributed by atoms with Crippen molar-refractivity contribution < 1.29 is 0 Å². The van der Waals surface area contributed by atoms with E-state index in [-0.39, 0.29) is 0 Å². The van der Waals surface area contributed by atoms with Gasteiger partial charge in [0, 0.05) is 26.2 Å². The minimum Gasteiger partial charge on any atom is -0.325 e. The lowest BCUT2D eigenvalue weighted by atomic mass is 9.93. The van der Waals surface area contributed by atoms with Gasteiger partial charge >= 0.3 is 0 Å². The molecule has 1 aliphatic heterocycles. The van der Waals surface area contributed by atoms with Crippen molar-refractivity contribution in [2.45, 2.75) is 19.1 Å². The van der Waals surface area contributed by atoms with Gasteiger partial charge < -0.3 is 4.67 Å². The van der Waals surface area contributed by atoms with Gasteiger partial charge in [0.1, 0.15) is 0 Å². The summed E-state index contributed by atoms with van der Waals surface area (Å²) in [6.45, 7) is 4.51. The highest BCUT2D eigenvalue weighted by molar-refractivity contribution is 8.22. The first kappa shape index (κ1) is 16.0. The number of hydrogen-bond acceptors (Lipinski definition) is 3. The van der Waals surface area contributed by atoms with Crippen molar-refractivity contribution in [2.75, 3.05) is 10.9 Å². The SMILES string of the molecule is CSC(SC(C)C)=C1c2ccccc2N(P)c2ccccc21. The van der Waals surface area contributed by atoms with E-state index in [1.807, 2.05) is 23.5 Å². The first-order valence-electron chi connectivity index (χ1n) is 7.32. The van der Waals surface area contributed by atoms with Crippen LogP contribution in [0, 0.1) is 0 Å². The largest absolute Gasteiger partial charge is 0.325 e. The Balaban J connectivity index is 2.30. The summed E-state index contributed by atoms with van der Waals surface area (Å²) in [6.07, 6.45) is 2.18. The number of para-hydroxylation sites is 2. The van der Waals surface area contributed by atoms with E-state index in [1.54, 1.807) is 0 Å². The van der Waals surface area contributed by atoms with E-state index in [0.717, 1.165) is 0 Å². The molecule has 1 unspecified atom stereocenters. The van der Waals surface area contributed by atoms with Gasteiger partial charge in [0.15, 0.2) is 0 Å². The van der Waals surface area contributed by atoms with E-state index < -0.39 is 0 Å². The number of rotatable bonds is 3. The zero-order valence-corrected chi connectivity index (χ0v) is 15.8. The Labute approximate surface area is 143 Å². The van der Waals surface area contributed by atoms with Crippen LogP contribution in [0.3, 0.4) is 0 Å². The third-order valence-electron chi connectivity index (χ3n) is 3.60. The topological polar surface area (TPSA) is 3.24 Å². The van der Waals surface area contributed by atoms with Crippen LogP contribution in [-0.2, 0) is 0 Å². The molecule has 0 aromatic heterocycles. The molecule has 1 nitrogen and oxygen atoms in total. The number of hydrogen-bond donors (Lipinski definition) is 0. The number of nitrogens with zero attached hydrogens (tertiary/aromatic N) is 1. The molecule has 114 valence electrons. The molecule has 0 radical (unpaired) electrons. The molecule has 0 spiro atoms. The van der Waals surface area contributed by atoms with Gasteiger partial charge in [0.25, 0.3) is 0 Å². The maximum absolute atomic E-state index is 2.86. The molecule has 2 aromatic rings. The third kappa shape index (κ3) is 2.82. The lowest BCUT2D eigenvalue weighted by molar-refractivity contribution is 1.12. The molecule has 0 amide bonds. The standard InChI is InChI=1S/C18H20NPS2/c1-12(2)22-18(21-3)17-13-8-4-6-10-15(13)19(20)16-11-7-5-9-14(16)17/h4-12H,20H2,1-3H3. The highest BCUT2D eigenvalue weighted by Crippen LogP contribution is 2.51. The minimum atomic E-state index is 0.573. The molecule has 1 heterocycles. The van der Waals surface area contributed by atoms with E-state index in [2.05, 4.69) is 82.7 Å². The number of fused-ring (bicyclic) bond motifs is 2. The van der Waals surface area contributed by atoms with Crippen LogP contribution in [0.15, 0.2) is 52.8 Å². The molecule has 0 saturated heterocycles. The Kier molecular flexibility index (Phi) is 4.87. The first-order valence-corrected chi connectivity index (χ1v) is 9.94. The molecule has 0 N–H and O–H groups in total. The van der Waals surface area contributed by atoms with Crippen molar-refractivity contribution in [3.63, 3.8) is 0 Å². The number of anilines is 2. The molecule has 22 heavy (non-hydrogen) atoms. The Morgan fingerprint density at radius 1 is 0.955 bits per heavy atom. The molecule has 2 aromatic carbocycles. The van der Waals surface area contributed by atoms with Crippen molar-refractivity contribution in [3.05, 3.63) is 63.9 Å². The molecule has 0 fully saturated rings. The highest BCUT2D eigenvalue weighted by atomic mass is 32.2. The summed E-state index contributed by atoms with van der Waals surface area (Å²) in [5, 5.41) is 0.573. The van der Waals surface area contributed by atoms with Crippen LogP contribution in [0.1, 0.15) is 25.0 Å². The van der Waals surface area contributed by atoms with Crippen molar-refractivity contribution in [3.8, 4) is 0 Å². The molecule has 0 saturated carbocycles. The van der Waals surface area contributed by atoms with Crippen molar-refractivity contribution >= 4 is 49.9 Å². The van der Waals surface area contributed by atoms with E-state index >= 15 is 0 Å². The molecule has 0 bridgehead atoms. The van der Waals surface area contributed by atoms with Crippen molar-refractivity contribution in [1.82, 2.24) is 0 Å². The minimum absolute atomic E-state index is 0.573. The van der Waals surface area contributed by atoms with E-state index in [1.165, 1.54) is 32.3 Å². The average Bonchev–Trinajstić information content (AvgIpc) is 2.54.